The van der Waals surface area contributed by atoms with Crippen LogP contribution in [0.2, 0.25) is 0 Å². The summed E-state index contributed by atoms with van der Waals surface area (Å²) < 4.78 is 0. The molecule has 0 spiro atoms. The number of thiophene rings is 1. The molecule has 0 fully saturated rings. The molecule has 0 aliphatic carbocycles. The molecule has 0 saturated carbocycles. The third-order valence-electron chi connectivity index (χ3n) is 1.80. The van der Waals surface area contributed by atoms with E-state index in [1.54, 1.807) is 0 Å². The molecule has 2 N–H and O–H groups in total. The lowest BCUT2D eigenvalue weighted by molar-refractivity contribution is 0.292. The van der Waals surface area contributed by atoms with Crippen LogP contribution in [-0.2, 0) is 6.54 Å². The Hall–Kier alpha value is -0.380. The van der Waals surface area contributed by atoms with Gasteiger partial charge in [0.15, 0.2) is 0 Å². The molecular formula is C9H15NOS. The van der Waals surface area contributed by atoms with Crippen molar-refractivity contribution in [2.75, 3.05) is 13.2 Å². The van der Waals surface area contributed by atoms with Crippen molar-refractivity contribution in [3.05, 3.63) is 21.4 Å². The second-order valence-corrected chi connectivity index (χ2v) is 4.19. The third kappa shape index (κ3) is 2.59. The van der Waals surface area contributed by atoms with E-state index in [4.69, 9.17) is 5.11 Å². The molecule has 0 aromatic carbocycles. The number of rotatable bonds is 4. The summed E-state index contributed by atoms with van der Waals surface area (Å²) in [6, 6.07) is 2.20. The second kappa shape index (κ2) is 4.60. The van der Waals surface area contributed by atoms with Crippen LogP contribution in [0.25, 0.3) is 0 Å². The zero-order valence-electron chi connectivity index (χ0n) is 7.55. The Morgan fingerprint density at radius 3 is 2.75 bits per heavy atom. The lowest BCUT2D eigenvalue weighted by Gasteiger charge is -1.97. The summed E-state index contributed by atoms with van der Waals surface area (Å²) >= 11 is 1.82. The highest BCUT2D eigenvalue weighted by atomic mass is 32.1. The molecule has 1 rings (SSSR count). The number of nitrogens with one attached hydrogen (secondary N) is 1. The van der Waals surface area contributed by atoms with E-state index in [1.165, 1.54) is 15.3 Å². The standard InChI is InChI=1S/C9H15NOS/c1-7-5-9(12-8(7)2)6-10-3-4-11/h5,10-11H,3-4,6H2,1-2H3. The molecule has 0 aliphatic rings. The first-order valence-corrected chi connectivity index (χ1v) is 4.93. The Bertz CT molecular complexity index is 225. The zero-order chi connectivity index (χ0) is 8.97. The Balaban J connectivity index is 2.42. The molecule has 0 radical (unpaired) electrons. The Morgan fingerprint density at radius 2 is 2.25 bits per heavy atom. The van der Waals surface area contributed by atoms with Gasteiger partial charge in [0.05, 0.1) is 6.61 Å². The van der Waals surface area contributed by atoms with Crippen LogP contribution in [0.5, 0.6) is 0 Å². The second-order valence-electron chi connectivity index (χ2n) is 2.85. The van der Waals surface area contributed by atoms with Crippen molar-refractivity contribution in [2.24, 2.45) is 0 Å². The average Bonchev–Trinajstić information content (AvgIpc) is 2.32. The van der Waals surface area contributed by atoms with E-state index in [9.17, 15) is 0 Å². The highest BCUT2D eigenvalue weighted by molar-refractivity contribution is 7.12. The first-order chi connectivity index (χ1) is 5.74. The van der Waals surface area contributed by atoms with E-state index in [-0.39, 0.29) is 6.61 Å². The maximum Gasteiger partial charge on any atom is 0.0556 e. The van der Waals surface area contributed by atoms with Crippen LogP contribution >= 0.6 is 11.3 Å². The van der Waals surface area contributed by atoms with Crippen molar-refractivity contribution < 1.29 is 5.11 Å². The summed E-state index contributed by atoms with van der Waals surface area (Å²) in [5.41, 5.74) is 1.36. The maximum absolute atomic E-state index is 8.54. The van der Waals surface area contributed by atoms with Gasteiger partial charge in [-0.3, -0.25) is 0 Å². The molecule has 12 heavy (non-hydrogen) atoms. The summed E-state index contributed by atoms with van der Waals surface area (Å²) in [7, 11) is 0. The van der Waals surface area contributed by atoms with E-state index in [1.807, 2.05) is 11.3 Å². The minimum atomic E-state index is 0.212. The van der Waals surface area contributed by atoms with Crippen LogP contribution in [0.1, 0.15) is 15.3 Å². The highest BCUT2D eigenvalue weighted by Crippen LogP contribution is 2.19. The fraction of sp³-hybridized carbons (Fsp3) is 0.556. The van der Waals surface area contributed by atoms with Crippen molar-refractivity contribution in [1.82, 2.24) is 5.32 Å². The zero-order valence-corrected chi connectivity index (χ0v) is 8.37. The number of aliphatic hydroxyl groups is 1. The highest BCUT2D eigenvalue weighted by Gasteiger charge is 1.99. The number of aliphatic hydroxyl groups excluding tert-OH is 1. The monoisotopic (exact) mass is 185 g/mol. The summed E-state index contributed by atoms with van der Waals surface area (Å²) in [4.78, 5) is 2.73. The van der Waals surface area contributed by atoms with Crippen LogP contribution in [0.4, 0.5) is 0 Å². The van der Waals surface area contributed by atoms with Gasteiger partial charge < -0.3 is 10.4 Å². The van der Waals surface area contributed by atoms with Crippen LogP contribution < -0.4 is 5.32 Å². The van der Waals surface area contributed by atoms with Gasteiger partial charge in [-0.25, -0.2) is 0 Å². The van der Waals surface area contributed by atoms with Gasteiger partial charge in [-0.05, 0) is 25.5 Å². The van der Waals surface area contributed by atoms with Gasteiger partial charge in [-0.15, -0.1) is 11.3 Å². The van der Waals surface area contributed by atoms with Crippen molar-refractivity contribution in [3.8, 4) is 0 Å². The van der Waals surface area contributed by atoms with Gasteiger partial charge in [0, 0.05) is 22.8 Å². The molecule has 0 atom stereocenters. The molecule has 0 amide bonds. The smallest absolute Gasteiger partial charge is 0.0556 e. The van der Waals surface area contributed by atoms with E-state index in [2.05, 4.69) is 25.2 Å². The minimum Gasteiger partial charge on any atom is -0.395 e. The first-order valence-electron chi connectivity index (χ1n) is 4.11. The normalized spacial score (nSPS) is 10.6. The van der Waals surface area contributed by atoms with E-state index < -0.39 is 0 Å². The predicted octanol–water partition coefficient (Wildman–Crippen LogP) is 1.45. The van der Waals surface area contributed by atoms with E-state index in [0.29, 0.717) is 6.54 Å². The predicted molar refractivity (Wildman–Crippen MR) is 52.6 cm³/mol. The molecule has 1 aromatic rings. The van der Waals surface area contributed by atoms with Gasteiger partial charge in [0.1, 0.15) is 0 Å². The Labute approximate surface area is 77.2 Å². The maximum atomic E-state index is 8.54. The fourth-order valence-corrected chi connectivity index (χ4v) is 2.05. The van der Waals surface area contributed by atoms with Crippen LogP contribution in [-0.4, -0.2) is 18.3 Å². The lowest BCUT2D eigenvalue weighted by Crippen LogP contribution is -2.16. The topological polar surface area (TPSA) is 32.3 Å². The van der Waals surface area contributed by atoms with E-state index in [0.717, 1.165) is 6.54 Å². The molecule has 0 aliphatic heterocycles. The van der Waals surface area contributed by atoms with Gasteiger partial charge in [0.2, 0.25) is 0 Å². The fourth-order valence-electron chi connectivity index (χ4n) is 1.03. The quantitative estimate of drug-likeness (QED) is 0.696. The summed E-state index contributed by atoms with van der Waals surface area (Å²) in [5, 5.41) is 11.7. The molecular weight excluding hydrogens is 170 g/mol. The van der Waals surface area contributed by atoms with Gasteiger partial charge >= 0.3 is 0 Å². The van der Waals surface area contributed by atoms with Crippen molar-refractivity contribution in [2.45, 2.75) is 20.4 Å². The molecule has 0 bridgehead atoms. The minimum absolute atomic E-state index is 0.212. The Kier molecular flexibility index (Phi) is 3.72. The Morgan fingerprint density at radius 1 is 1.50 bits per heavy atom. The van der Waals surface area contributed by atoms with Crippen LogP contribution in [0.15, 0.2) is 6.07 Å². The summed E-state index contributed by atoms with van der Waals surface area (Å²) in [6.07, 6.45) is 0. The summed E-state index contributed by atoms with van der Waals surface area (Å²) in [5.74, 6) is 0. The van der Waals surface area contributed by atoms with Crippen molar-refractivity contribution in [3.63, 3.8) is 0 Å². The number of aryl methyl sites for hydroxylation is 2. The third-order valence-corrected chi connectivity index (χ3v) is 2.96. The molecule has 2 nitrogen and oxygen atoms in total. The lowest BCUT2D eigenvalue weighted by atomic mass is 10.3. The van der Waals surface area contributed by atoms with Crippen LogP contribution in [0.3, 0.4) is 0 Å². The molecule has 1 aromatic heterocycles. The molecule has 1 heterocycles. The average molecular weight is 185 g/mol. The molecule has 68 valence electrons. The number of hydrogen-bond donors (Lipinski definition) is 2. The molecule has 3 heteroatoms. The SMILES string of the molecule is Cc1cc(CNCCO)sc1C. The van der Waals surface area contributed by atoms with Crippen molar-refractivity contribution >= 4 is 11.3 Å². The largest absolute Gasteiger partial charge is 0.395 e. The van der Waals surface area contributed by atoms with Gasteiger partial charge in [-0.2, -0.15) is 0 Å². The molecule has 0 saturated heterocycles. The van der Waals surface area contributed by atoms with Crippen molar-refractivity contribution in [1.29, 1.82) is 0 Å². The van der Waals surface area contributed by atoms with Crippen LogP contribution in [0, 0.1) is 13.8 Å². The molecule has 0 unspecified atom stereocenters. The van der Waals surface area contributed by atoms with E-state index >= 15 is 0 Å². The number of hydrogen-bond acceptors (Lipinski definition) is 3. The van der Waals surface area contributed by atoms with Gasteiger partial charge in [0.25, 0.3) is 0 Å². The first kappa shape index (κ1) is 9.71. The van der Waals surface area contributed by atoms with Gasteiger partial charge in [-0.1, -0.05) is 0 Å². The summed E-state index contributed by atoms with van der Waals surface area (Å²) in [6.45, 7) is 6.02.